The van der Waals surface area contributed by atoms with Crippen molar-refractivity contribution in [1.82, 2.24) is 0 Å². The predicted molar refractivity (Wildman–Crippen MR) is 142 cm³/mol. The van der Waals surface area contributed by atoms with Crippen molar-refractivity contribution in [2.24, 2.45) is 0 Å². The number of fused-ring (bicyclic) bond motifs is 1. The average molecular weight is 528 g/mol. The first kappa shape index (κ1) is 25.6. The largest absolute Gasteiger partial charge is 0.503 e. The van der Waals surface area contributed by atoms with Crippen molar-refractivity contribution in [2.75, 3.05) is 26.2 Å². The van der Waals surface area contributed by atoms with Gasteiger partial charge in [-0.1, -0.05) is 36.4 Å². The van der Waals surface area contributed by atoms with Crippen LogP contribution in [-0.4, -0.2) is 44.1 Å². The number of amides is 1. The number of furan rings is 1. The lowest BCUT2D eigenvalue weighted by Crippen LogP contribution is -2.31. The number of hydrogen-bond acceptors (Lipinski definition) is 8. The fraction of sp³-hybridized carbons (Fsp3) is 0.167. The van der Waals surface area contributed by atoms with Gasteiger partial charge in [-0.25, -0.2) is 0 Å². The van der Waals surface area contributed by atoms with Crippen LogP contribution in [-0.2, 0) is 20.7 Å². The third kappa shape index (κ3) is 4.59. The van der Waals surface area contributed by atoms with Crippen LogP contribution in [0.1, 0.15) is 27.7 Å². The Kier molecular flexibility index (Phi) is 6.81. The van der Waals surface area contributed by atoms with Gasteiger partial charge in [0, 0.05) is 11.1 Å². The zero-order chi connectivity index (χ0) is 27.7. The van der Waals surface area contributed by atoms with E-state index in [1.54, 1.807) is 72.8 Å². The van der Waals surface area contributed by atoms with Crippen molar-refractivity contribution in [3.63, 3.8) is 0 Å². The summed E-state index contributed by atoms with van der Waals surface area (Å²) in [5.41, 5.74) is 1.94. The van der Waals surface area contributed by atoms with Gasteiger partial charge in [0.2, 0.25) is 5.78 Å². The van der Waals surface area contributed by atoms with Crippen LogP contribution in [0.25, 0.3) is 11.0 Å². The molecule has 9 heteroatoms. The first-order valence-corrected chi connectivity index (χ1v) is 12.0. The molecule has 0 spiro atoms. The molecule has 0 fully saturated rings. The third-order valence-electron chi connectivity index (χ3n) is 6.63. The molecular weight excluding hydrogens is 502 g/mol. The van der Waals surface area contributed by atoms with Gasteiger partial charge in [-0.3, -0.25) is 19.3 Å². The van der Waals surface area contributed by atoms with Crippen LogP contribution in [0, 0.1) is 0 Å². The summed E-state index contributed by atoms with van der Waals surface area (Å²) in [7, 11) is 4.34. The highest BCUT2D eigenvalue weighted by atomic mass is 16.5. The number of hydrogen-bond donors (Lipinski definition) is 1. The minimum atomic E-state index is -0.961. The lowest BCUT2D eigenvalue weighted by Gasteiger charge is -2.27. The minimum Gasteiger partial charge on any atom is -0.503 e. The van der Waals surface area contributed by atoms with Gasteiger partial charge in [-0.05, 0) is 47.5 Å². The molecule has 1 aliphatic rings. The summed E-state index contributed by atoms with van der Waals surface area (Å²) in [4.78, 5) is 40.3. The van der Waals surface area contributed by atoms with Crippen LogP contribution in [0.4, 0.5) is 5.69 Å². The van der Waals surface area contributed by atoms with E-state index in [1.165, 1.54) is 26.2 Å². The van der Waals surface area contributed by atoms with Gasteiger partial charge in [-0.2, -0.15) is 0 Å². The number of aliphatic hydroxyl groups excluding tert-OH is 1. The molecule has 5 rings (SSSR count). The molecular formula is C30H25NO8. The number of rotatable bonds is 8. The molecule has 0 radical (unpaired) electrons. The van der Waals surface area contributed by atoms with Crippen molar-refractivity contribution in [1.29, 1.82) is 0 Å². The molecule has 0 saturated heterocycles. The summed E-state index contributed by atoms with van der Waals surface area (Å²) < 4.78 is 21.2. The fourth-order valence-electron chi connectivity index (χ4n) is 4.66. The van der Waals surface area contributed by atoms with Crippen LogP contribution in [0.2, 0.25) is 0 Å². The van der Waals surface area contributed by atoms with Gasteiger partial charge in [0.25, 0.3) is 5.91 Å². The van der Waals surface area contributed by atoms with Crippen molar-refractivity contribution >= 4 is 34.3 Å². The summed E-state index contributed by atoms with van der Waals surface area (Å²) in [6, 6.07) is 19.4. The van der Waals surface area contributed by atoms with E-state index in [-0.39, 0.29) is 17.8 Å². The van der Waals surface area contributed by atoms with Crippen molar-refractivity contribution in [3.05, 3.63) is 101 Å². The minimum absolute atomic E-state index is 0.0439. The van der Waals surface area contributed by atoms with Gasteiger partial charge in [0.15, 0.2) is 22.9 Å². The van der Waals surface area contributed by atoms with Crippen molar-refractivity contribution in [2.45, 2.75) is 12.5 Å². The van der Waals surface area contributed by atoms with E-state index in [2.05, 4.69) is 0 Å². The summed E-state index contributed by atoms with van der Waals surface area (Å²) >= 11 is 0. The molecule has 0 bridgehead atoms. The number of para-hydroxylation sites is 1. The van der Waals surface area contributed by atoms with E-state index in [4.69, 9.17) is 18.6 Å². The summed E-state index contributed by atoms with van der Waals surface area (Å²) in [6.45, 7) is 0. The fourth-order valence-corrected chi connectivity index (χ4v) is 4.66. The average Bonchev–Trinajstić information content (AvgIpc) is 3.52. The van der Waals surface area contributed by atoms with Gasteiger partial charge in [0.05, 0.1) is 39.4 Å². The molecule has 0 aliphatic carbocycles. The second-order valence-electron chi connectivity index (χ2n) is 8.85. The van der Waals surface area contributed by atoms with Crippen LogP contribution < -0.4 is 14.4 Å². The maximum atomic E-state index is 13.9. The normalized spacial score (nSPS) is 15.1. The van der Waals surface area contributed by atoms with Crippen LogP contribution in [0.15, 0.2) is 88.5 Å². The molecule has 0 saturated carbocycles. The van der Waals surface area contributed by atoms with Crippen LogP contribution >= 0.6 is 0 Å². The molecule has 4 aromatic rings. The lowest BCUT2D eigenvalue weighted by atomic mass is 9.94. The van der Waals surface area contributed by atoms with Gasteiger partial charge in [-0.15, -0.1) is 0 Å². The standard InChI is InChI=1S/C30H25NO8/c1-36-21-13-9-18(10-14-21)26-25(27(33)23-16-19-5-4-6-22(37-2)29(19)39-23)28(34)30(35)31(26)20-11-7-17(8-12-20)15-24(32)38-3/h4-14,16,26,34H,15H2,1-3H3. The molecule has 2 heterocycles. The predicted octanol–water partition coefficient (Wildman–Crippen LogP) is 4.95. The molecule has 1 amide bonds. The van der Waals surface area contributed by atoms with E-state index in [0.29, 0.717) is 39.3 Å². The highest BCUT2D eigenvalue weighted by molar-refractivity contribution is 6.20. The van der Waals surface area contributed by atoms with Crippen molar-refractivity contribution in [3.8, 4) is 11.5 Å². The number of methoxy groups -OCH3 is 3. The number of carbonyl (C=O) groups is 3. The Bertz CT molecular complexity index is 1600. The number of carbonyl (C=O) groups excluding carboxylic acids is 3. The summed E-state index contributed by atoms with van der Waals surface area (Å²) in [5.74, 6) is -1.45. The molecule has 9 nitrogen and oxygen atoms in total. The first-order valence-electron chi connectivity index (χ1n) is 12.0. The molecule has 3 aromatic carbocycles. The van der Waals surface area contributed by atoms with Gasteiger partial charge >= 0.3 is 5.97 Å². The Morgan fingerprint density at radius 3 is 2.31 bits per heavy atom. The smallest absolute Gasteiger partial charge is 0.309 e. The van der Waals surface area contributed by atoms with E-state index in [0.717, 1.165) is 0 Å². The maximum Gasteiger partial charge on any atom is 0.309 e. The molecule has 1 N–H and O–H groups in total. The number of Topliss-reactive ketones (excluding diaryl/α,β-unsaturated/α-hetero) is 1. The van der Waals surface area contributed by atoms with E-state index in [9.17, 15) is 19.5 Å². The SMILES string of the molecule is COC(=O)Cc1ccc(N2C(=O)C(O)=C(C(=O)c3cc4cccc(OC)c4o3)C2c2ccc(OC)cc2)cc1. The van der Waals surface area contributed by atoms with Crippen molar-refractivity contribution < 1.29 is 38.1 Å². The van der Waals surface area contributed by atoms with Crippen LogP contribution in [0.3, 0.4) is 0 Å². The zero-order valence-corrected chi connectivity index (χ0v) is 21.5. The van der Waals surface area contributed by atoms with E-state index < -0.39 is 29.5 Å². The van der Waals surface area contributed by atoms with E-state index >= 15 is 0 Å². The lowest BCUT2D eigenvalue weighted by molar-refractivity contribution is -0.139. The van der Waals surface area contributed by atoms with E-state index in [1.807, 2.05) is 0 Å². The zero-order valence-electron chi connectivity index (χ0n) is 21.5. The third-order valence-corrected chi connectivity index (χ3v) is 6.63. The first-order chi connectivity index (χ1) is 18.9. The Morgan fingerprint density at radius 2 is 1.67 bits per heavy atom. The second kappa shape index (κ2) is 10.4. The topological polar surface area (TPSA) is 116 Å². The molecule has 198 valence electrons. The number of nitrogens with zero attached hydrogens (tertiary/aromatic N) is 1. The molecule has 1 atom stereocenters. The molecule has 1 aliphatic heterocycles. The van der Waals surface area contributed by atoms with Gasteiger partial charge in [0.1, 0.15) is 5.75 Å². The second-order valence-corrected chi connectivity index (χ2v) is 8.85. The number of benzene rings is 3. The maximum absolute atomic E-state index is 13.9. The quantitative estimate of drug-likeness (QED) is 0.253. The number of ether oxygens (including phenoxy) is 3. The highest BCUT2D eigenvalue weighted by Crippen LogP contribution is 2.43. The van der Waals surface area contributed by atoms with Crippen LogP contribution in [0.5, 0.6) is 11.5 Å². The Labute approximate surface area is 223 Å². The number of ketones is 1. The van der Waals surface area contributed by atoms with Gasteiger partial charge < -0.3 is 23.7 Å². The summed E-state index contributed by atoms with van der Waals surface area (Å²) in [6.07, 6.45) is 0.0649. The Balaban J connectivity index is 1.59. The molecule has 39 heavy (non-hydrogen) atoms. The Hall–Kier alpha value is -5.05. The molecule has 1 aromatic heterocycles. The Morgan fingerprint density at radius 1 is 0.949 bits per heavy atom. The number of aliphatic hydroxyl groups is 1. The molecule has 1 unspecified atom stereocenters. The number of esters is 1. The highest BCUT2D eigenvalue weighted by Gasteiger charge is 2.45. The number of anilines is 1. The monoisotopic (exact) mass is 527 g/mol. The summed E-state index contributed by atoms with van der Waals surface area (Å²) in [5, 5.41) is 11.7.